The molecular weight excluding hydrogens is 247 g/mol. The lowest BCUT2D eigenvalue weighted by Gasteiger charge is -2.08. The SMILES string of the molecule is C[C@H](O)CNS(=O)(=O)c1ccc(F)c(C#N)c1. The first kappa shape index (κ1) is 13.6. The molecule has 0 bridgehead atoms. The standard InChI is InChI=1S/C10H11FN2O3S/c1-7(14)6-13-17(15,16)9-2-3-10(11)8(4-9)5-12/h2-4,7,13-14H,6H2,1H3/t7-/m0/s1. The van der Waals surface area contributed by atoms with Gasteiger partial charge in [0.05, 0.1) is 16.6 Å². The molecule has 1 atom stereocenters. The van der Waals surface area contributed by atoms with Gasteiger partial charge in [0.1, 0.15) is 11.9 Å². The predicted molar refractivity (Wildman–Crippen MR) is 58.0 cm³/mol. The number of hydrogen-bond donors (Lipinski definition) is 2. The molecule has 0 spiro atoms. The van der Waals surface area contributed by atoms with Gasteiger partial charge in [0, 0.05) is 6.54 Å². The number of nitrogens with zero attached hydrogens (tertiary/aromatic N) is 1. The molecule has 0 radical (unpaired) electrons. The van der Waals surface area contributed by atoms with Crippen LogP contribution in [-0.4, -0.2) is 26.2 Å². The van der Waals surface area contributed by atoms with Gasteiger partial charge in [-0.25, -0.2) is 17.5 Å². The number of rotatable bonds is 4. The minimum absolute atomic E-state index is 0.151. The van der Waals surface area contributed by atoms with Gasteiger partial charge in [0.2, 0.25) is 10.0 Å². The smallest absolute Gasteiger partial charge is 0.240 e. The number of aliphatic hydroxyl groups is 1. The molecule has 0 heterocycles. The molecule has 0 fully saturated rings. The third-order valence-corrected chi connectivity index (χ3v) is 3.36. The van der Waals surface area contributed by atoms with Gasteiger partial charge in [-0.15, -0.1) is 0 Å². The van der Waals surface area contributed by atoms with Crippen LogP contribution in [0.1, 0.15) is 12.5 Å². The van der Waals surface area contributed by atoms with Crippen molar-refractivity contribution in [2.75, 3.05) is 6.54 Å². The fourth-order valence-corrected chi connectivity index (χ4v) is 2.22. The zero-order valence-electron chi connectivity index (χ0n) is 9.01. The van der Waals surface area contributed by atoms with E-state index in [0.29, 0.717) is 0 Å². The van der Waals surface area contributed by atoms with Gasteiger partial charge in [-0.2, -0.15) is 5.26 Å². The number of halogens is 1. The molecule has 0 saturated heterocycles. The minimum Gasteiger partial charge on any atom is -0.392 e. The summed E-state index contributed by atoms with van der Waals surface area (Å²) in [6.45, 7) is 1.27. The zero-order valence-corrected chi connectivity index (χ0v) is 9.83. The van der Waals surface area contributed by atoms with E-state index in [9.17, 15) is 12.8 Å². The number of benzene rings is 1. The summed E-state index contributed by atoms with van der Waals surface area (Å²) >= 11 is 0. The number of sulfonamides is 1. The highest BCUT2D eigenvalue weighted by Crippen LogP contribution is 2.14. The minimum atomic E-state index is -3.83. The van der Waals surface area contributed by atoms with Gasteiger partial charge < -0.3 is 5.11 Å². The summed E-state index contributed by atoms with van der Waals surface area (Å²) in [5.41, 5.74) is -0.343. The Morgan fingerprint density at radius 3 is 2.76 bits per heavy atom. The lowest BCUT2D eigenvalue weighted by Crippen LogP contribution is -2.30. The highest BCUT2D eigenvalue weighted by molar-refractivity contribution is 7.89. The number of nitriles is 1. The summed E-state index contributed by atoms with van der Waals surface area (Å²) in [5.74, 6) is -0.776. The summed E-state index contributed by atoms with van der Waals surface area (Å²) in [6, 6.07) is 4.47. The van der Waals surface area contributed by atoms with Crippen LogP contribution in [0, 0.1) is 17.1 Å². The summed E-state index contributed by atoms with van der Waals surface area (Å²) in [5, 5.41) is 17.5. The molecule has 0 aliphatic heterocycles. The molecule has 0 amide bonds. The van der Waals surface area contributed by atoms with Crippen LogP contribution in [-0.2, 0) is 10.0 Å². The molecule has 0 aliphatic carbocycles. The van der Waals surface area contributed by atoms with Crippen LogP contribution >= 0.6 is 0 Å². The van der Waals surface area contributed by atoms with E-state index in [-0.39, 0.29) is 17.0 Å². The highest BCUT2D eigenvalue weighted by atomic mass is 32.2. The molecule has 0 saturated carbocycles. The molecule has 92 valence electrons. The van der Waals surface area contributed by atoms with Crippen LogP contribution in [0.4, 0.5) is 4.39 Å². The first-order valence-corrected chi connectivity index (χ1v) is 6.22. The van der Waals surface area contributed by atoms with Crippen molar-refractivity contribution < 1.29 is 17.9 Å². The third-order valence-electron chi connectivity index (χ3n) is 1.94. The van der Waals surface area contributed by atoms with Crippen LogP contribution in [0.2, 0.25) is 0 Å². The van der Waals surface area contributed by atoms with E-state index >= 15 is 0 Å². The lowest BCUT2D eigenvalue weighted by molar-refractivity contribution is 0.198. The number of nitrogens with one attached hydrogen (secondary N) is 1. The maximum atomic E-state index is 13.0. The molecule has 7 heteroatoms. The van der Waals surface area contributed by atoms with Crippen molar-refractivity contribution in [3.8, 4) is 6.07 Å². The van der Waals surface area contributed by atoms with Crippen molar-refractivity contribution in [3.63, 3.8) is 0 Å². The summed E-state index contributed by atoms with van der Waals surface area (Å²) in [6.07, 6.45) is -0.833. The Morgan fingerprint density at radius 2 is 2.24 bits per heavy atom. The normalized spacial score (nSPS) is 13.1. The van der Waals surface area contributed by atoms with Crippen molar-refractivity contribution in [2.24, 2.45) is 0 Å². The second kappa shape index (κ2) is 5.23. The third kappa shape index (κ3) is 3.49. The molecular formula is C10H11FN2O3S. The Hall–Kier alpha value is -1.49. The van der Waals surface area contributed by atoms with E-state index in [4.69, 9.17) is 10.4 Å². The van der Waals surface area contributed by atoms with Crippen molar-refractivity contribution in [2.45, 2.75) is 17.9 Å². The molecule has 17 heavy (non-hydrogen) atoms. The van der Waals surface area contributed by atoms with E-state index in [1.165, 1.54) is 6.92 Å². The monoisotopic (exact) mass is 258 g/mol. The van der Waals surface area contributed by atoms with Crippen LogP contribution in [0.25, 0.3) is 0 Å². The quantitative estimate of drug-likeness (QED) is 0.815. The Kier molecular flexibility index (Phi) is 4.17. The van der Waals surface area contributed by atoms with Crippen LogP contribution < -0.4 is 4.72 Å². The zero-order chi connectivity index (χ0) is 13.1. The van der Waals surface area contributed by atoms with E-state index in [0.717, 1.165) is 18.2 Å². The van der Waals surface area contributed by atoms with Crippen molar-refractivity contribution >= 4 is 10.0 Å². The van der Waals surface area contributed by atoms with Crippen molar-refractivity contribution in [1.29, 1.82) is 5.26 Å². The van der Waals surface area contributed by atoms with Gasteiger partial charge in [-0.1, -0.05) is 0 Å². The summed E-state index contributed by atoms with van der Waals surface area (Å²) < 4.78 is 38.5. The number of aliphatic hydroxyl groups excluding tert-OH is 1. The van der Waals surface area contributed by atoms with Gasteiger partial charge in [0.25, 0.3) is 0 Å². The number of hydrogen-bond acceptors (Lipinski definition) is 4. The largest absolute Gasteiger partial charge is 0.392 e. The Morgan fingerprint density at radius 1 is 1.59 bits per heavy atom. The van der Waals surface area contributed by atoms with E-state index in [2.05, 4.69) is 4.72 Å². The van der Waals surface area contributed by atoms with Crippen LogP contribution in [0.3, 0.4) is 0 Å². The van der Waals surface area contributed by atoms with E-state index in [1.807, 2.05) is 0 Å². The lowest BCUT2D eigenvalue weighted by atomic mass is 10.2. The molecule has 1 rings (SSSR count). The topological polar surface area (TPSA) is 90.2 Å². The van der Waals surface area contributed by atoms with Crippen molar-refractivity contribution in [3.05, 3.63) is 29.6 Å². The average Bonchev–Trinajstić information content (AvgIpc) is 2.27. The summed E-state index contributed by atoms with van der Waals surface area (Å²) in [4.78, 5) is -0.212. The van der Waals surface area contributed by atoms with Gasteiger partial charge in [-0.05, 0) is 25.1 Å². The van der Waals surface area contributed by atoms with E-state index < -0.39 is 21.9 Å². The van der Waals surface area contributed by atoms with Gasteiger partial charge in [0.15, 0.2) is 0 Å². The van der Waals surface area contributed by atoms with Crippen LogP contribution in [0.15, 0.2) is 23.1 Å². The fraction of sp³-hybridized carbons (Fsp3) is 0.300. The van der Waals surface area contributed by atoms with Gasteiger partial charge in [-0.3, -0.25) is 0 Å². The first-order valence-electron chi connectivity index (χ1n) is 4.74. The Balaban J connectivity index is 3.04. The van der Waals surface area contributed by atoms with Crippen LogP contribution in [0.5, 0.6) is 0 Å². The van der Waals surface area contributed by atoms with Crippen molar-refractivity contribution in [1.82, 2.24) is 4.72 Å². The summed E-state index contributed by atoms with van der Waals surface area (Å²) in [7, 11) is -3.83. The second-order valence-electron chi connectivity index (χ2n) is 3.45. The van der Waals surface area contributed by atoms with Gasteiger partial charge >= 0.3 is 0 Å². The first-order chi connectivity index (χ1) is 7.86. The molecule has 0 aromatic heterocycles. The Labute approximate surface area is 98.6 Å². The molecule has 1 aromatic rings. The molecule has 2 N–H and O–H groups in total. The molecule has 5 nitrogen and oxygen atoms in total. The predicted octanol–water partition coefficient (Wildman–Crippen LogP) is 0.356. The maximum Gasteiger partial charge on any atom is 0.240 e. The maximum absolute atomic E-state index is 13.0. The van der Waals surface area contributed by atoms with E-state index in [1.54, 1.807) is 6.07 Å². The second-order valence-corrected chi connectivity index (χ2v) is 5.22. The Bertz CT molecular complexity index is 549. The molecule has 0 unspecified atom stereocenters. The highest BCUT2D eigenvalue weighted by Gasteiger charge is 2.16. The fourth-order valence-electron chi connectivity index (χ4n) is 1.07. The molecule has 1 aromatic carbocycles. The molecule has 0 aliphatic rings. The average molecular weight is 258 g/mol.